The Morgan fingerprint density at radius 2 is 1.79 bits per heavy atom. The average Bonchev–Trinajstić information content (AvgIpc) is 2.71. The van der Waals surface area contributed by atoms with Crippen molar-refractivity contribution < 1.29 is 19.1 Å². The minimum absolute atomic E-state index is 0.0380. The third kappa shape index (κ3) is 4.67. The van der Waals surface area contributed by atoms with Crippen LogP contribution in [0.1, 0.15) is 18.1 Å². The number of anilines is 1. The molecule has 29 heavy (non-hydrogen) atoms. The van der Waals surface area contributed by atoms with Gasteiger partial charge in [0.25, 0.3) is 17.7 Å². The van der Waals surface area contributed by atoms with E-state index in [0.29, 0.717) is 17.0 Å². The van der Waals surface area contributed by atoms with Gasteiger partial charge in [0.2, 0.25) is 0 Å². The molecule has 1 aliphatic rings. The molecule has 0 spiro atoms. The number of nitrogens with two attached hydrogens (primary N) is 1. The Morgan fingerprint density at radius 1 is 1.14 bits per heavy atom. The van der Waals surface area contributed by atoms with Gasteiger partial charge >= 0.3 is 0 Å². The number of carbonyl (C=O) groups is 3. The van der Waals surface area contributed by atoms with Crippen LogP contribution in [-0.4, -0.2) is 29.4 Å². The molecule has 0 aliphatic carbocycles. The number of rotatable bonds is 6. The van der Waals surface area contributed by atoms with Gasteiger partial charge in [-0.25, -0.2) is 0 Å². The molecule has 1 aliphatic heterocycles. The minimum atomic E-state index is -0.580. The van der Waals surface area contributed by atoms with Gasteiger partial charge in [-0.2, -0.15) is 0 Å². The van der Waals surface area contributed by atoms with Crippen LogP contribution >= 0.6 is 12.2 Å². The van der Waals surface area contributed by atoms with Crippen molar-refractivity contribution in [3.8, 4) is 5.75 Å². The van der Waals surface area contributed by atoms with E-state index in [1.54, 1.807) is 36.4 Å². The van der Waals surface area contributed by atoms with Gasteiger partial charge in [0, 0.05) is 0 Å². The van der Waals surface area contributed by atoms with Crippen LogP contribution in [0.15, 0.2) is 54.1 Å². The lowest BCUT2D eigenvalue weighted by atomic mass is 10.1. The van der Waals surface area contributed by atoms with Crippen molar-refractivity contribution in [3.05, 3.63) is 65.2 Å². The quantitative estimate of drug-likeness (QED) is 0.431. The first-order chi connectivity index (χ1) is 13.9. The van der Waals surface area contributed by atoms with E-state index in [4.69, 9.17) is 22.7 Å². The van der Waals surface area contributed by atoms with Crippen molar-refractivity contribution in [2.45, 2.75) is 13.3 Å². The maximum atomic E-state index is 13.0. The lowest BCUT2D eigenvalue weighted by Crippen LogP contribution is -2.54. The molecular weight excluding hydrogens is 390 g/mol. The van der Waals surface area contributed by atoms with Gasteiger partial charge in [-0.15, -0.1) is 0 Å². The summed E-state index contributed by atoms with van der Waals surface area (Å²) in [5, 5.41) is 2.59. The fourth-order valence-electron chi connectivity index (χ4n) is 2.75. The summed E-state index contributed by atoms with van der Waals surface area (Å²) >= 11 is 5.20. The smallest absolute Gasteiger partial charge is 0.270 e. The number of thiocarbonyl (C=S) groups is 1. The number of benzene rings is 2. The topological polar surface area (TPSA) is 102 Å². The monoisotopic (exact) mass is 409 g/mol. The Hall–Kier alpha value is -3.52. The molecule has 7 nitrogen and oxygen atoms in total. The van der Waals surface area contributed by atoms with Crippen LogP contribution in [-0.2, 0) is 20.8 Å². The maximum Gasteiger partial charge on any atom is 0.270 e. The highest BCUT2D eigenvalue weighted by atomic mass is 32.1. The van der Waals surface area contributed by atoms with Crippen molar-refractivity contribution in [3.63, 3.8) is 0 Å². The van der Waals surface area contributed by atoms with E-state index < -0.39 is 17.7 Å². The van der Waals surface area contributed by atoms with Gasteiger partial charge in [0.05, 0.1) is 5.69 Å². The third-order valence-electron chi connectivity index (χ3n) is 4.28. The zero-order valence-electron chi connectivity index (χ0n) is 15.7. The van der Waals surface area contributed by atoms with E-state index in [0.717, 1.165) is 12.0 Å². The second-order valence-corrected chi connectivity index (χ2v) is 6.69. The van der Waals surface area contributed by atoms with Gasteiger partial charge < -0.3 is 10.5 Å². The van der Waals surface area contributed by atoms with Gasteiger partial charge in [-0.3, -0.25) is 24.6 Å². The number of aryl methyl sites for hydroxylation is 1. The van der Waals surface area contributed by atoms with Gasteiger partial charge in [-0.1, -0.05) is 31.2 Å². The maximum absolute atomic E-state index is 13.0. The third-order valence-corrected chi connectivity index (χ3v) is 4.56. The first-order valence-electron chi connectivity index (χ1n) is 8.90. The minimum Gasteiger partial charge on any atom is -0.484 e. The van der Waals surface area contributed by atoms with Crippen LogP contribution < -0.4 is 20.7 Å². The number of primary amides is 1. The molecule has 2 aromatic carbocycles. The molecule has 1 fully saturated rings. The molecule has 1 heterocycles. The zero-order chi connectivity index (χ0) is 21.0. The van der Waals surface area contributed by atoms with Crippen LogP contribution in [0.2, 0.25) is 0 Å². The standard InChI is InChI=1S/C21H19N3O4S/c1-2-13-3-7-15(8-4-13)24-20(27)17(19(26)23-21(24)29)11-14-5-9-16(10-6-14)28-12-18(22)25/h3-11H,2,12H2,1H3,(H2,22,25)(H,23,26,29)/b17-11+. The fourth-order valence-corrected chi connectivity index (χ4v) is 3.04. The first kappa shape index (κ1) is 20.2. The molecule has 2 aromatic rings. The van der Waals surface area contributed by atoms with Crippen LogP contribution in [0.25, 0.3) is 6.08 Å². The van der Waals surface area contributed by atoms with Crippen LogP contribution in [0.4, 0.5) is 5.69 Å². The van der Waals surface area contributed by atoms with Gasteiger partial charge in [-0.05, 0) is 60.1 Å². The molecule has 0 radical (unpaired) electrons. The highest BCUT2D eigenvalue weighted by Crippen LogP contribution is 2.23. The van der Waals surface area contributed by atoms with Crippen molar-refractivity contribution in [1.82, 2.24) is 5.32 Å². The molecule has 8 heteroatoms. The normalized spacial score (nSPS) is 15.4. The van der Waals surface area contributed by atoms with Crippen molar-refractivity contribution in [2.75, 3.05) is 11.5 Å². The number of nitrogens with one attached hydrogen (secondary N) is 1. The second-order valence-electron chi connectivity index (χ2n) is 6.30. The predicted octanol–water partition coefficient (Wildman–Crippen LogP) is 1.94. The summed E-state index contributed by atoms with van der Waals surface area (Å²) in [4.78, 5) is 37.4. The molecule has 148 valence electrons. The molecular formula is C21H19N3O4S. The van der Waals surface area contributed by atoms with E-state index >= 15 is 0 Å². The van der Waals surface area contributed by atoms with E-state index in [-0.39, 0.29) is 17.3 Å². The Bertz CT molecular complexity index is 998. The van der Waals surface area contributed by atoms with E-state index in [1.807, 2.05) is 19.1 Å². The summed E-state index contributed by atoms with van der Waals surface area (Å²) in [6, 6.07) is 14.0. The van der Waals surface area contributed by atoms with Crippen LogP contribution in [0.5, 0.6) is 5.75 Å². The van der Waals surface area contributed by atoms with Crippen molar-refractivity contribution in [2.24, 2.45) is 5.73 Å². The van der Waals surface area contributed by atoms with Crippen molar-refractivity contribution in [1.29, 1.82) is 0 Å². The van der Waals surface area contributed by atoms with Crippen LogP contribution in [0.3, 0.4) is 0 Å². The lowest BCUT2D eigenvalue weighted by Gasteiger charge is -2.29. The first-order valence-corrected chi connectivity index (χ1v) is 9.31. The Kier molecular flexibility index (Phi) is 6.04. The summed E-state index contributed by atoms with van der Waals surface area (Å²) < 4.78 is 5.20. The predicted molar refractivity (Wildman–Crippen MR) is 113 cm³/mol. The van der Waals surface area contributed by atoms with E-state index in [9.17, 15) is 14.4 Å². The summed E-state index contributed by atoms with van der Waals surface area (Å²) in [5.41, 5.74) is 7.33. The van der Waals surface area contributed by atoms with Gasteiger partial charge in [0.15, 0.2) is 11.7 Å². The molecule has 0 aromatic heterocycles. The zero-order valence-corrected chi connectivity index (χ0v) is 16.5. The highest BCUT2D eigenvalue weighted by molar-refractivity contribution is 7.80. The number of carbonyl (C=O) groups excluding carboxylic acids is 3. The second kappa shape index (κ2) is 8.66. The average molecular weight is 409 g/mol. The summed E-state index contributed by atoms with van der Waals surface area (Å²) in [7, 11) is 0. The Morgan fingerprint density at radius 3 is 2.38 bits per heavy atom. The number of ether oxygens (including phenoxy) is 1. The Balaban J connectivity index is 1.85. The SMILES string of the molecule is CCc1ccc(N2C(=O)/C(=C/c3ccc(OCC(N)=O)cc3)C(=O)NC2=S)cc1. The molecule has 1 saturated heterocycles. The fraction of sp³-hybridized carbons (Fsp3) is 0.143. The van der Waals surface area contributed by atoms with Crippen LogP contribution in [0, 0.1) is 0 Å². The molecule has 3 N–H and O–H groups in total. The number of hydrogen-bond donors (Lipinski definition) is 2. The van der Waals surface area contributed by atoms with Crippen molar-refractivity contribution >= 4 is 46.8 Å². The number of nitrogens with zero attached hydrogens (tertiary/aromatic N) is 1. The molecule has 0 unspecified atom stereocenters. The summed E-state index contributed by atoms with van der Waals surface area (Å²) in [6.45, 7) is 1.81. The highest BCUT2D eigenvalue weighted by Gasteiger charge is 2.34. The molecule has 0 atom stereocenters. The number of hydrogen-bond acceptors (Lipinski definition) is 5. The van der Waals surface area contributed by atoms with E-state index in [2.05, 4.69) is 5.32 Å². The van der Waals surface area contributed by atoms with E-state index in [1.165, 1.54) is 11.0 Å². The molecule has 0 bridgehead atoms. The number of amides is 3. The lowest BCUT2D eigenvalue weighted by molar-refractivity contribution is -0.122. The molecule has 3 amide bonds. The summed E-state index contributed by atoms with van der Waals surface area (Å²) in [5.74, 6) is -1.19. The molecule has 0 saturated carbocycles. The van der Waals surface area contributed by atoms with Gasteiger partial charge in [0.1, 0.15) is 11.3 Å². The largest absolute Gasteiger partial charge is 0.484 e. The molecule has 3 rings (SSSR count). The Labute approximate surface area is 173 Å². The summed E-state index contributed by atoms with van der Waals surface area (Å²) in [6.07, 6.45) is 2.35.